The van der Waals surface area contributed by atoms with Crippen LogP contribution in [0.1, 0.15) is 50.2 Å². The first-order valence-electron chi connectivity index (χ1n) is 8.68. The Balaban J connectivity index is 1.94. The van der Waals surface area contributed by atoms with E-state index in [1.165, 1.54) is 19.3 Å². The van der Waals surface area contributed by atoms with Gasteiger partial charge in [0.05, 0.1) is 18.7 Å². The molecule has 1 aromatic rings. The van der Waals surface area contributed by atoms with Gasteiger partial charge in [0, 0.05) is 5.69 Å². The zero-order valence-corrected chi connectivity index (χ0v) is 14.6. The van der Waals surface area contributed by atoms with Crippen molar-refractivity contribution in [2.24, 2.45) is 5.92 Å². The number of aryl methyl sites for hydroxylation is 2. The summed E-state index contributed by atoms with van der Waals surface area (Å²) in [5.41, 5.74) is 2.77. The van der Waals surface area contributed by atoms with Crippen molar-refractivity contribution in [2.45, 2.75) is 58.4 Å². The van der Waals surface area contributed by atoms with E-state index >= 15 is 0 Å². The van der Waals surface area contributed by atoms with Crippen LogP contribution in [0.3, 0.4) is 0 Å². The van der Waals surface area contributed by atoms with Crippen LogP contribution in [0.15, 0.2) is 18.2 Å². The predicted molar refractivity (Wildman–Crippen MR) is 94.6 cm³/mol. The van der Waals surface area contributed by atoms with E-state index in [0.717, 1.165) is 29.7 Å². The average Bonchev–Trinajstić information content (AvgIpc) is 2.55. The number of rotatable bonds is 6. The van der Waals surface area contributed by atoms with E-state index in [0.29, 0.717) is 5.92 Å². The van der Waals surface area contributed by atoms with Gasteiger partial charge in [0.1, 0.15) is 0 Å². The number of para-hydroxylation sites is 1. The van der Waals surface area contributed by atoms with Gasteiger partial charge < -0.3 is 15.7 Å². The van der Waals surface area contributed by atoms with E-state index in [1.54, 1.807) is 0 Å². The molecular formula is C19H30N2O2. The number of anilines is 1. The molecule has 23 heavy (non-hydrogen) atoms. The summed E-state index contributed by atoms with van der Waals surface area (Å²) in [7, 11) is 0. The Labute approximate surface area is 139 Å². The van der Waals surface area contributed by atoms with Crippen molar-refractivity contribution in [1.82, 2.24) is 5.32 Å². The molecule has 0 bridgehead atoms. The summed E-state index contributed by atoms with van der Waals surface area (Å²) in [5, 5.41) is 16.1. The Morgan fingerprint density at radius 2 is 1.83 bits per heavy atom. The number of hydrogen-bond donors (Lipinski definition) is 3. The van der Waals surface area contributed by atoms with Crippen LogP contribution in [0, 0.1) is 19.8 Å². The average molecular weight is 318 g/mol. The topological polar surface area (TPSA) is 61.4 Å². The summed E-state index contributed by atoms with van der Waals surface area (Å²) in [6.07, 6.45) is 5.82. The maximum Gasteiger partial charge on any atom is 0.239 e. The molecule has 1 fully saturated rings. The fourth-order valence-electron chi connectivity index (χ4n) is 3.64. The quantitative estimate of drug-likeness (QED) is 0.755. The van der Waals surface area contributed by atoms with Crippen LogP contribution in [0.5, 0.6) is 0 Å². The lowest BCUT2D eigenvalue weighted by atomic mass is 9.76. The monoisotopic (exact) mass is 318 g/mol. The maximum absolute atomic E-state index is 12.4. The second-order valence-electron chi connectivity index (χ2n) is 7.08. The van der Waals surface area contributed by atoms with E-state index in [9.17, 15) is 9.90 Å². The molecule has 3 N–H and O–H groups in total. The third kappa shape index (κ3) is 4.47. The Kier molecular flexibility index (Phi) is 6.05. The largest absolute Gasteiger partial charge is 0.394 e. The minimum absolute atomic E-state index is 0.00714. The molecule has 128 valence electrons. The summed E-state index contributed by atoms with van der Waals surface area (Å²) in [6, 6.07) is 6.09. The van der Waals surface area contributed by atoms with Crippen molar-refractivity contribution in [3.8, 4) is 0 Å². The molecule has 1 aromatic carbocycles. The molecule has 2 rings (SSSR count). The Bertz CT molecular complexity index is 518. The Morgan fingerprint density at radius 3 is 2.39 bits per heavy atom. The molecule has 1 saturated carbocycles. The molecule has 0 aromatic heterocycles. The van der Waals surface area contributed by atoms with Crippen LogP contribution in [0.25, 0.3) is 0 Å². The zero-order chi connectivity index (χ0) is 16.9. The Hall–Kier alpha value is -1.55. The van der Waals surface area contributed by atoms with Gasteiger partial charge in [0.2, 0.25) is 5.91 Å². The molecule has 4 heteroatoms. The van der Waals surface area contributed by atoms with Crippen molar-refractivity contribution in [3.05, 3.63) is 29.3 Å². The number of nitrogens with one attached hydrogen (secondary N) is 2. The first-order valence-corrected chi connectivity index (χ1v) is 8.68. The lowest BCUT2D eigenvalue weighted by Gasteiger charge is -2.39. The van der Waals surface area contributed by atoms with Crippen molar-refractivity contribution >= 4 is 11.6 Å². The summed E-state index contributed by atoms with van der Waals surface area (Å²) >= 11 is 0. The second kappa shape index (κ2) is 7.82. The van der Waals surface area contributed by atoms with Gasteiger partial charge in [0.15, 0.2) is 0 Å². The van der Waals surface area contributed by atoms with Gasteiger partial charge in [-0.2, -0.15) is 0 Å². The molecular weight excluding hydrogens is 288 g/mol. The summed E-state index contributed by atoms with van der Waals surface area (Å²) in [5.74, 6) is 0.306. The SMILES string of the molecule is Cc1cccc(C)c1NCC(=O)N[C@@](C)(CO)C1CCCCC1. The van der Waals surface area contributed by atoms with Crippen molar-refractivity contribution in [1.29, 1.82) is 0 Å². The molecule has 0 aliphatic heterocycles. The van der Waals surface area contributed by atoms with E-state index in [2.05, 4.69) is 10.6 Å². The van der Waals surface area contributed by atoms with Crippen molar-refractivity contribution < 1.29 is 9.90 Å². The van der Waals surface area contributed by atoms with E-state index < -0.39 is 5.54 Å². The first-order chi connectivity index (χ1) is 11.0. The summed E-state index contributed by atoms with van der Waals surface area (Å²) in [4.78, 5) is 12.4. The molecule has 1 atom stereocenters. The molecule has 4 nitrogen and oxygen atoms in total. The highest BCUT2D eigenvalue weighted by Crippen LogP contribution is 2.32. The molecule has 0 spiro atoms. The molecule has 1 aliphatic carbocycles. The van der Waals surface area contributed by atoms with Gasteiger partial charge in [-0.15, -0.1) is 0 Å². The molecule has 0 saturated heterocycles. The molecule has 0 radical (unpaired) electrons. The smallest absolute Gasteiger partial charge is 0.239 e. The van der Waals surface area contributed by atoms with Gasteiger partial charge in [0.25, 0.3) is 0 Å². The minimum atomic E-state index is -0.514. The normalized spacial score (nSPS) is 18.3. The van der Waals surface area contributed by atoms with Crippen molar-refractivity contribution in [3.63, 3.8) is 0 Å². The van der Waals surface area contributed by atoms with Crippen LogP contribution in [0.2, 0.25) is 0 Å². The highest BCUT2D eigenvalue weighted by Gasteiger charge is 2.35. The summed E-state index contributed by atoms with van der Waals surface area (Å²) in [6.45, 7) is 6.26. The third-order valence-corrected chi connectivity index (χ3v) is 5.17. The highest BCUT2D eigenvalue weighted by molar-refractivity contribution is 5.82. The van der Waals surface area contributed by atoms with Crippen LogP contribution >= 0.6 is 0 Å². The van der Waals surface area contributed by atoms with Crippen LogP contribution in [-0.4, -0.2) is 29.7 Å². The molecule has 0 unspecified atom stereocenters. The van der Waals surface area contributed by atoms with E-state index in [4.69, 9.17) is 0 Å². The first kappa shape index (κ1) is 17.8. The fourth-order valence-corrected chi connectivity index (χ4v) is 3.64. The number of carbonyl (C=O) groups is 1. The molecule has 0 heterocycles. The Morgan fingerprint density at radius 1 is 1.22 bits per heavy atom. The maximum atomic E-state index is 12.4. The van der Waals surface area contributed by atoms with Crippen LogP contribution in [-0.2, 0) is 4.79 Å². The minimum Gasteiger partial charge on any atom is -0.394 e. The lowest BCUT2D eigenvalue weighted by Crippen LogP contribution is -2.56. The number of hydrogen-bond acceptors (Lipinski definition) is 3. The third-order valence-electron chi connectivity index (χ3n) is 5.17. The standard InChI is InChI=1S/C19H30N2O2/c1-14-8-7-9-15(2)18(14)20-12-17(23)21-19(3,13-22)16-10-5-4-6-11-16/h7-9,16,20,22H,4-6,10-13H2,1-3H3,(H,21,23)/t19-/m0/s1. The number of benzene rings is 1. The van der Waals surface area contributed by atoms with Gasteiger partial charge in [-0.05, 0) is 50.7 Å². The van der Waals surface area contributed by atoms with Gasteiger partial charge in [-0.3, -0.25) is 4.79 Å². The predicted octanol–water partition coefficient (Wildman–Crippen LogP) is 3.16. The number of aliphatic hydroxyl groups is 1. The van der Waals surface area contributed by atoms with Gasteiger partial charge in [-0.1, -0.05) is 37.5 Å². The number of carbonyl (C=O) groups excluding carboxylic acids is 1. The van der Waals surface area contributed by atoms with Crippen molar-refractivity contribution in [2.75, 3.05) is 18.5 Å². The highest BCUT2D eigenvalue weighted by atomic mass is 16.3. The lowest BCUT2D eigenvalue weighted by molar-refractivity contribution is -0.122. The van der Waals surface area contributed by atoms with Gasteiger partial charge >= 0.3 is 0 Å². The summed E-state index contributed by atoms with van der Waals surface area (Å²) < 4.78 is 0. The van der Waals surface area contributed by atoms with Crippen LogP contribution in [0.4, 0.5) is 5.69 Å². The number of amides is 1. The van der Waals surface area contributed by atoms with E-state index in [-0.39, 0.29) is 19.1 Å². The van der Waals surface area contributed by atoms with E-state index in [1.807, 2.05) is 39.0 Å². The zero-order valence-electron chi connectivity index (χ0n) is 14.6. The second-order valence-corrected chi connectivity index (χ2v) is 7.08. The number of aliphatic hydroxyl groups excluding tert-OH is 1. The fraction of sp³-hybridized carbons (Fsp3) is 0.632. The van der Waals surface area contributed by atoms with Crippen LogP contribution < -0.4 is 10.6 Å². The molecule has 1 aliphatic rings. The van der Waals surface area contributed by atoms with Gasteiger partial charge in [-0.25, -0.2) is 0 Å². The molecule has 1 amide bonds.